The van der Waals surface area contributed by atoms with Gasteiger partial charge in [-0.1, -0.05) is 30.3 Å². The van der Waals surface area contributed by atoms with Crippen molar-refractivity contribution in [3.8, 4) is 22.6 Å². The number of aldehydes is 1. The highest BCUT2D eigenvalue weighted by Gasteiger charge is 2.15. The van der Waals surface area contributed by atoms with Gasteiger partial charge >= 0.3 is 5.97 Å². The SMILES string of the molecule is O=Cc1cc(-c2ccc(Oc3ccc(F)cc3)cc2)cc(N(CCC(=O)O)c2ccccc2)n1. The highest BCUT2D eigenvalue weighted by Crippen LogP contribution is 2.31. The zero-order valence-corrected chi connectivity index (χ0v) is 18.1. The molecule has 0 spiro atoms. The molecule has 170 valence electrons. The highest BCUT2D eigenvalue weighted by molar-refractivity contribution is 5.80. The van der Waals surface area contributed by atoms with Crippen LogP contribution in [0.3, 0.4) is 0 Å². The molecule has 34 heavy (non-hydrogen) atoms. The third-order valence-electron chi connectivity index (χ3n) is 5.08. The average molecular weight is 456 g/mol. The van der Waals surface area contributed by atoms with Crippen molar-refractivity contribution >= 4 is 23.8 Å². The minimum atomic E-state index is -0.926. The summed E-state index contributed by atoms with van der Waals surface area (Å²) in [6.45, 7) is 0.193. The first-order valence-electron chi connectivity index (χ1n) is 10.6. The molecular formula is C27H21FN2O4. The number of carbonyl (C=O) groups is 2. The molecule has 6 nitrogen and oxygen atoms in total. The van der Waals surface area contributed by atoms with E-state index in [1.165, 1.54) is 12.1 Å². The van der Waals surface area contributed by atoms with Crippen LogP contribution in [0, 0.1) is 5.82 Å². The van der Waals surface area contributed by atoms with Gasteiger partial charge in [-0.25, -0.2) is 9.37 Å². The fourth-order valence-corrected chi connectivity index (χ4v) is 3.45. The van der Waals surface area contributed by atoms with E-state index in [0.29, 0.717) is 23.6 Å². The van der Waals surface area contributed by atoms with E-state index in [1.54, 1.807) is 35.2 Å². The van der Waals surface area contributed by atoms with E-state index in [4.69, 9.17) is 4.74 Å². The number of ether oxygens (including phenoxy) is 1. The standard InChI is InChI=1S/C27H21FN2O4/c28-21-8-12-25(13-9-21)34-24-10-6-19(7-11-24)20-16-22(18-31)29-26(17-20)30(15-14-27(32)33)23-4-2-1-3-5-23/h1-13,16-18H,14-15H2,(H,32,33). The Kier molecular flexibility index (Phi) is 6.93. The van der Waals surface area contributed by atoms with Crippen molar-refractivity contribution in [2.24, 2.45) is 0 Å². The lowest BCUT2D eigenvalue weighted by Gasteiger charge is -2.24. The summed E-state index contributed by atoms with van der Waals surface area (Å²) in [6.07, 6.45) is 0.575. The molecule has 0 atom stereocenters. The van der Waals surface area contributed by atoms with Crippen LogP contribution in [0.25, 0.3) is 11.1 Å². The van der Waals surface area contributed by atoms with Crippen LogP contribution in [0.15, 0.2) is 91.0 Å². The zero-order valence-electron chi connectivity index (χ0n) is 18.1. The van der Waals surface area contributed by atoms with E-state index in [0.717, 1.165) is 16.8 Å². The topological polar surface area (TPSA) is 79.7 Å². The second-order valence-corrected chi connectivity index (χ2v) is 7.47. The Balaban J connectivity index is 1.65. The van der Waals surface area contributed by atoms with Crippen LogP contribution in [-0.2, 0) is 4.79 Å². The Morgan fingerprint density at radius 3 is 2.18 bits per heavy atom. The van der Waals surface area contributed by atoms with Crippen LogP contribution in [0.2, 0.25) is 0 Å². The van der Waals surface area contributed by atoms with E-state index in [-0.39, 0.29) is 24.5 Å². The fourth-order valence-electron chi connectivity index (χ4n) is 3.45. The number of carboxylic acid groups (broad SMARTS) is 1. The molecular weight excluding hydrogens is 435 g/mol. The number of hydrogen-bond acceptors (Lipinski definition) is 5. The molecule has 3 aromatic carbocycles. The van der Waals surface area contributed by atoms with Crippen LogP contribution < -0.4 is 9.64 Å². The number of halogens is 1. The summed E-state index contributed by atoms with van der Waals surface area (Å²) in [5, 5.41) is 9.20. The number of nitrogens with zero attached hydrogens (tertiary/aromatic N) is 2. The zero-order chi connectivity index (χ0) is 23.9. The highest BCUT2D eigenvalue weighted by atomic mass is 19.1. The smallest absolute Gasteiger partial charge is 0.305 e. The maximum Gasteiger partial charge on any atom is 0.305 e. The molecule has 4 aromatic rings. The Morgan fingerprint density at radius 1 is 0.912 bits per heavy atom. The number of hydrogen-bond donors (Lipinski definition) is 1. The summed E-state index contributed by atoms with van der Waals surface area (Å²) in [5.74, 6) is 0.298. The van der Waals surface area contributed by atoms with Crippen molar-refractivity contribution in [2.75, 3.05) is 11.4 Å². The molecule has 0 unspecified atom stereocenters. The molecule has 1 N–H and O–H groups in total. The molecule has 4 rings (SSSR count). The molecule has 0 radical (unpaired) electrons. The van der Waals surface area contributed by atoms with E-state index >= 15 is 0 Å². The van der Waals surface area contributed by atoms with Crippen LogP contribution in [0.5, 0.6) is 11.5 Å². The predicted octanol–water partition coefficient (Wildman–Crippen LogP) is 6.11. The first-order chi connectivity index (χ1) is 16.5. The Morgan fingerprint density at radius 2 is 1.56 bits per heavy atom. The Bertz CT molecular complexity index is 1280. The average Bonchev–Trinajstić information content (AvgIpc) is 2.86. The minimum absolute atomic E-state index is 0.0906. The van der Waals surface area contributed by atoms with Crippen molar-refractivity contribution in [2.45, 2.75) is 6.42 Å². The van der Waals surface area contributed by atoms with Gasteiger partial charge in [0.1, 0.15) is 28.8 Å². The van der Waals surface area contributed by atoms with Gasteiger partial charge in [-0.15, -0.1) is 0 Å². The number of anilines is 2. The van der Waals surface area contributed by atoms with Crippen LogP contribution >= 0.6 is 0 Å². The van der Waals surface area contributed by atoms with E-state index < -0.39 is 5.97 Å². The van der Waals surface area contributed by atoms with Gasteiger partial charge in [0.2, 0.25) is 0 Å². The van der Waals surface area contributed by atoms with E-state index in [2.05, 4.69) is 4.98 Å². The Hall–Kier alpha value is -4.52. The normalized spacial score (nSPS) is 10.5. The molecule has 0 fully saturated rings. The summed E-state index contributed by atoms with van der Waals surface area (Å²) in [6, 6.07) is 25.8. The van der Waals surface area contributed by atoms with Gasteiger partial charge < -0.3 is 14.7 Å². The molecule has 0 saturated heterocycles. The summed E-state index contributed by atoms with van der Waals surface area (Å²) >= 11 is 0. The molecule has 0 aliphatic heterocycles. The number of benzene rings is 3. The van der Waals surface area contributed by atoms with Gasteiger partial charge in [0.15, 0.2) is 6.29 Å². The van der Waals surface area contributed by atoms with Gasteiger partial charge in [0.05, 0.1) is 6.42 Å². The van der Waals surface area contributed by atoms with Gasteiger partial charge in [0, 0.05) is 12.2 Å². The van der Waals surface area contributed by atoms with Gasteiger partial charge in [-0.05, 0) is 71.8 Å². The fraction of sp³-hybridized carbons (Fsp3) is 0.0741. The number of carbonyl (C=O) groups excluding carboxylic acids is 1. The maximum atomic E-state index is 13.1. The lowest BCUT2D eigenvalue weighted by atomic mass is 10.1. The van der Waals surface area contributed by atoms with Gasteiger partial charge in [-0.3, -0.25) is 9.59 Å². The first-order valence-corrected chi connectivity index (χ1v) is 10.6. The van der Waals surface area contributed by atoms with Crippen molar-refractivity contribution in [3.05, 3.63) is 103 Å². The maximum absolute atomic E-state index is 13.1. The number of aliphatic carboxylic acids is 1. The van der Waals surface area contributed by atoms with E-state index in [9.17, 15) is 19.1 Å². The molecule has 0 amide bonds. The second-order valence-electron chi connectivity index (χ2n) is 7.47. The summed E-state index contributed by atoms with van der Waals surface area (Å²) < 4.78 is 18.8. The first kappa shape index (κ1) is 22.7. The van der Waals surface area contributed by atoms with Crippen molar-refractivity contribution < 1.29 is 23.8 Å². The third-order valence-corrected chi connectivity index (χ3v) is 5.08. The monoisotopic (exact) mass is 456 g/mol. The largest absolute Gasteiger partial charge is 0.481 e. The number of rotatable bonds is 9. The lowest BCUT2D eigenvalue weighted by Crippen LogP contribution is -2.22. The molecule has 0 aliphatic carbocycles. The minimum Gasteiger partial charge on any atom is -0.481 e. The van der Waals surface area contributed by atoms with Crippen LogP contribution in [-0.4, -0.2) is 28.9 Å². The third kappa shape index (κ3) is 5.63. The van der Waals surface area contributed by atoms with Gasteiger partial charge in [-0.2, -0.15) is 0 Å². The molecule has 0 bridgehead atoms. The molecule has 1 heterocycles. The second kappa shape index (κ2) is 10.4. The summed E-state index contributed by atoms with van der Waals surface area (Å²) in [5.41, 5.74) is 2.57. The summed E-state index contributed by atoms with van der Waals surface area (Å²) in [4.78, 5) is 29.0. The number of carboxylic acids is 1. The quantitative estimate of drug-likeness (QED) is 0.306. The lowest BCUT2D eigenvalue weighted by molar-refractivity contribution is -0.136. The molecule has 0 saturated carbocycles. The number of pyridine rings is 1. The predicted molar refractivity (Wildman–Crippen MR) is 127 cm³/mol. The summed E-state index contributed by atoms with van der Waals surface area (Å²) in [7, 11) is 0. The van der Waals surface area contributed by atoms with Crippen LogP contribution in [0.1, 0.15) is 16.9 Å². The molecule has 0 aliphatic rings. The molecule has 1 aromatic heterocycles. The van der Waals surface area contributed by atoms with Crippen molar-refractivity contribution in [1.29, 1.82) is 0 Å². The van der Waals surface area contributed by atoms with Crippen LogP contribution in [0.4, 0.5) is 15.9 Å². The van der Waals surface area contributed by atoms with Crippen molar-refractivity contribution in [1.82, 2.24) is 4.98 Å². The number of aromatic nitrogens is 1. The van der Waals surface area contributed by atoms with Crippen molar-refractivity contribution in [3.63, 3.8) is 0 Å². The Labute approximate surface area is 195 Å². The van der Waals surface area contributed by atoms with Gasteiger partial charge in [0.25, 0.3) is 0 Å². The number of para-hydroxylation sites is 1. The van der Waals surface area contributed by atoms with E-state index in [1.807, 2.05) is 48.5 Å². The molecule has 7 heteroatoms.